The van der Waals surface area contributed by atoms with Gasteiger partial charge in [0.15, 0.2) is 0 Å². The first-order valence-electron chi connectivity index (χ1n) is 5.39. The van der Waals surface area contributed by atoms with Crippen molar-refractivity contribution in [2.24, 2.45) is 11.7 Å². The fourth-order valence-electron chi connectivity index (χ4n) is 1.63. The van der Waals surface area contributed by atoms with Gasteiger partial charge in [0, 0.05) is 0 Å². The second-order valence-electron chi connectivity index (χ2n) is 4.47. The van der Waals surface area contributed by atoms with Gasteiger partial charge in [0.25, 0.3) is 0 Å². The molecule has 0 aromatic heterocycles. The summed E-state index contributed by atoms with van der Waals surface area (Å²) in [5, 5.41) is 0. The lowest BCUT2D eigenvalue weighted by molar-refractivity contribution is -0.119. The summed E-state index contributed by atoms with van der Waals surface area (Å²) < 4.78 is 0. The van der Waals surface area contributed by atoms with Gasteiger partial charge in [0.1, 0.15) is 0 Å². The largest absolute Gasteiger partial charge is 0.369 e. The molecule has 0 heterocycles. The molecule has 0 fully saturated rings. The van der Waals surface area contributed by atoms with E-state index in [4.69, 9.17) is 5.73 Å². The van der Waals surface area contributed by atoms with Crippen LogP contribution >= 0.6 is 0 Å². The molecule has 1 aromatic rings. The van der Waals surface area contributed by atoms with Crippen LogP contribution in [0, 0.1) is 5.92 Å². The second kappa shape index (κ2) is 4.96. The monoisotopic (exact) mass is 205 g/mol. The molecule has 0 saturated carbocycles. The highest BCUT2D eigenvalue weighted by atomic mass is 16.1. The number of rotatable bonds is 4. The zero-order valence-electron chi connectivity index (χ0n) is 9.66. The van der Waals surface area contributed by atoms with Crippen molar-refractivity contribution >= 4 is 5.91 Å². The van der Waals surface area contributed by atoms with E-state index in [1.807, 2.05) is 19.1 Å². The van der Waals surface area contributed by atoms with E-state index >= 15 is 0 Å². The summed E-state index contributed by atoms with van der Waals surface area (Å²) in [5.41, 5.74) is 7.57. The van der Waals surface area contributed by atoms with E-state index in [9.17, 15) is 4.79 Å². The predicted molar refractivity (Wildman–Crippen MR) is 62.6 cm³/mol. The van der Waals surface area contributed by atoms with Crippen molar-refractivity contribution < 1.29 is 4.79 Å². The van der Waals surface area contributed by atoms with Crippen LogP contribution in [0.4, 0.5) is 0 Å². The first kappa shape index (κ1) is 11.8. The lowest BCUT2D eigenvalue weighted by Gasteiger charge is -2.10. The number of carbonyl (C=O) groups is 1. The molecule has 2 heteroatoms. The van der Waals surface area contributed by atoms with Crippen LogP contribution in [0.1, 0.15) is 37.8 Å². The van der Waals surface area contributed by atoms with Crippen LogP contribution in [0.2, 0.25) is 0 Å². The van der Waals surface area contributed by atoms with Crippen LogP contribution in [0.3, 0.4) is 0 Å². The number of primary amides is 1. The van der Waals surface area contributed by atoms with Crippen molar-refractivity contribution in [1.29, 1.82) is 0 Å². The topological polar surface area (TPSA) is 43.1 Å². The number of nitrogens with two attached hydrogens (primary N) is 1. The third kappa shape index (κ3) is 3.39. The van der Waals surface area contributed by atoms with Crippen molar-refractivity contribution in [3.05, 3.63) is 35.4 Å². The third-order valence-electron chi connectivity index (χ3n) is 2.52. The fraction of sp³-hybridized carbons (Fsp3) is 0.462. The van der Waals surface area contributed by atoms with Gasteiger partial charge < -0.3 is 5.73 Å². The number of carbonyl (C=O) groups excluding carboxylic acids is 1. The van der Waals surface area contributed by atoms with Gasteiger partial charge in [-0.05, 0) is 30.4 Å². The standard InChI is InChI=1S/C13H19NO/c1-9(2)7-11-5-4-6-12(8-11)10(3)13(14)15/h4-6,8-10H,7H2,1-3H3,(H2,14,15). The molecule has 2 nitrogen and oxygen atoms in total. The molecule has 0 aliphatic carbocycles. The van der Waals surface area contributed by atoms with Gasteiger partial charge >= 0.3 is 0 Å². The molecule has 1 amide bonds. The Morgan fingerprint density at radius 3 is 2.53 bits per heavy atom. The first-order valence-corrected chi connectivity index (χ1v) is 5.39. The highest BCUT2D eigenvalue weighted by molar-refractivity contribution is 5.81. The Labute approximate surface area is 91.5 Å². The van der Waals surface area contributed by atoms with Gasteiger partial charge in [0.05, 0.1) is 5.92 Å². The van der Waals surface area contributed by atoms with E-state index in [0.29, 0.717) is 5.92 Å². The van der Waals surface area contributed by atoms with Gasteiger partial charge in [-0.3, -0.25) is 4.79 Å². The summed E-state index contributed by atoms with van der Waals surface area (Å²) in [7, 11) is 0. The van der Waals surface area contributed by atoms with E-state index in [1.54, 1.807) is 0 Å². The maximum atomic E-state index is 11.1. The summed E-state index contributed by atoms with van der Waals surface area (Å²) in [6.07, 6.45) is 1.04. The Morgan fingerprint density at radius 1 is 1.33 bits per heavy atom. The summed E-state index contributed by atoms with van der Waals surface area (Å²) in [6, 6.07) is 8.12. The molecule has 1 rings (SSSR count). The molecular weight excluding hydrogens is 186 g/mol. The molecule has 1 atom stereocenters. The van der Waals surface area contributed by atoms with E-state index in [1.165, 1.54) is 5.56 Å². The number of amides is 1. The summed E-state index contributed by atoms with van der Waals surface area (Å²) in [4.78, 5) is 11.1. The highest BCUT2D eigenvalue weighted by Crippen LogP contribution is 2.17. The van der Waals surface area contributed by atoms with Crippen molar-refractivity contribution in [3.63, 3.8) is 0 Å². The minimum absolute atomic E-state index is 0.197. The van der Waals surface area contributed by atoms with Gasteiger partial charge in [0.2, 0.25) is 5.91 Å². The van der Waals surface area contributed by atoms with Crippen molar-refractivity contribution in [3.8, 4) is 0 Å². The van der Waals surface area contributed by atoms with E-state index in [-0.39, 0.29) is 11.8 Å². The number of benzene rings is 1. The molecule has 0 aliphatic rings. The van der Waals surface area contributed by atoms with Gasteiger partial charge in [-0.1, -0.05) is 38.1 Å². The SMILES string of the molecule is CC(C)Cc1cccc(C(C)C(N)=O)c1. The van der Waals surface area contributed by atoms with Crippen LogP contribution in [0.5, 0.6) is 0 Å². The molecule has 0 radical (unpaired) electrons. The lowest BCUT2D eigenvalue weighted by atomic mass is 9.95. The van der Waals surface area contributed by atoms with Crippen LogP contribution < -0.4 is 5.73 Å². The molecule has 0 spiro atoms. The number of hydrogen-bond acceptors (Lipinski definition) is 1. The minimum atomic E-state index is -0.267. The van der Waals surface area contributed by atoms with E-state index in [0.717, 1.165) is 12.0 Å². The van der Waals surface area contributed by atoms with Crippen molar-refractivity contribution in [2.75, 3.05) is 0 Å². The molecule has 1 aromatic carbocycles. The Balaban J connectivity index is 2.87. The summed E-state index contributed by atoms with van der Waals surface area (Å²) in [6.45, 7) is 6.21. The molecule has 82 valence electrons. The van der Waals surface area contributed by atoms with Gasteiger partial charge in [-0.25, -0.2) is 0 Å². The van der Waals surface area contributed by atoms with Crippen molar-refractivity contribution in [2.45, 2.75) is 33.1 Å². The Bertz CT molecular complexity index is 344. The zero-order chi connectivity index (χ0) is 11.4. The second-order valence-corrected chi connectivity index (χ2v) is 4.47. The van der Waals surface area contributed by atoms with Crippen LogP contribution in [-0.2, 0) is 11.2 Å². The maximum Gasteiger partial charge on any atom is 0.224 e. The molecule has 0 saturated heterocycles. The molecule has 15 heavy (non-hydrogen) atoms. The quantitative estimate of drug-likeness (QED) is 0.806. The molecule has 0 aliphatic heterocycles. The van der Waals surface area contributed by atoms with E-state index < -0.39 is 0 Å². The average molecular weight is 205 g/mol. The maximum absolute atomic E-state index is 11.1. The Kier molecular flexibility index (Phi) is 3.89. The van der Waals surface area contributed by atoms with Crippen LogP contribution in [0.25, 0.3) is 0 Å². The summed E-state index contributed by atoms with van der Waals surface area (Å²) in [5.74, 6) is 0.165. The Hall–Kier alpha value is -1.31. The zero-order valence-corrected chi connectivity index (χ0v) is 9.66. The molecule has 1 unspecified atom stereocenters. The fourth-order valence-corrected chi connectivity index (χ4v) is 1.63. The first-order chi connectivity index (χ1) is 7.00. The molecule has 0 bridgehead atoms. The highest BCUT2D eigenvalue weighted by Gasteiger charge is 2.11. The molecule has 2 N–H and O–H groups in total. The van der Waals surface area contributed by atoms with E-state index in [2.05, 4.69) is 26.0 Å². The predicted octanol–water partition coefficient (Wildman–Crippen LogP) is 2.47. The summed E-state index contributed by atoms with van der Waals surface area (Å²) >= 11 is 0. The number of hydrogen-bond donors (Lipinski definition) is 1. The Morgan fingerprint density at radius 2 is 2.00 bits per heavy atom. The van der Waals surface area contributed by atoms with Gasteiger partial charge in [-0.15, -0.1) is 0 Å². The smallest absolute Gasteiger partial charge is 0.224 e. The van der Waals surface area contributed by atoms with Crippen LogP contribution in [-0.4, -0.2) is 5.91 Å². The van der Waals surface area contributed by atoms with Crippen LogP contribution in [0.15, 0.2) is 24.3 Å². The third-order valence-corrected chi connectivity index (χ3v) is 2.52. The van der Waals surface area contributed by atoms with Gasteiger partial charge in [-0.2, -0.15) is 0 Å². The lowest BCUT2D eigenvalue weighted by Crippen LogP contribution is -2.18. The minimum Gasteiger partial charge on any atom is -0.369 e. The van der Waals surface area contributed by atoms with Crippen molar-refractivity contribution in [1.82, 2.24) is 0 Å². The normalized spacial score (nSPS) is 12.8. The molecular formula is C13H19NO. The average Bonchev–Trinajstić information content (AvgIpc) is 2.16.